The lowest BCUT2D eigenvalue weighted by Crippen LogP contribution is -2.53. The predicted molar refractivity (Wildman–Crippen MR) is 73.2 cm³/mol. The van der Waals surface area contributed by atoms with Crippen molar-refractivity contribution in [3.63, 3.8) is 0 Å². The summed E-state index contributed by atoms with van der Waals surface area (Å²) in [6.07, 6.45) is 6.45. The van der Waals surface area contributed by atoms with Gasteiger partial charge in [0, 0.05) is 28.1 Å². The SMILES string of the molecule is N=Cc1cc(Cl)cc(C2(O)CC3(CCC3)C2)c1N. The molecule has 4 N–H and O–H groups in total. The number of nitrogen functional groups attached to an aromatic ring is 1. The molecule has 0 unspecified atom stereocenters. The molecule has 3 rings (SSSR count). The van der Waals surface area contributed by atoms with Crippen molar-refractivity contribution >= 4 is 23.5 Å². The molecule has 2 fully saturated rings. The summed E-state index contributed by atoms with van der Waals surface area (Å²) in [5.41, 5.74) is 7.33. The van der Waals surface area contributed by atoms with Gasteiger partial charge in [0.25, 0.3) is 0 Å². The first-order valence-electron chi connectivity index (χ1n) is 6.30. The van der Waals surface area contributed by atoms with Gasteiger partial charge in [-0.2, -0.15) is 0 Å². The van der Waals surface area contributed by atoms with Crippen LogP contribution in [0.4, 0.5) is 5.69 Å². The summed E-state index contributed by atoms with van der Waals surface area (Å²) in [5, 5.41) is 18.6. The number of hydrogen-bond acceptors (Lipinski definition) is 3. The van der Waals surface area contributed by atoms with Gasteiger partial charge >= 0.3 is 0 Å². The predicted octanol–water partition coefficient (Wildman–Crippen LogP) is 3.07. The molecule has 1 spiro atoms. The van der Waals surface area contributed by atoms with Crippen LogP contribution >= 0.6 is 11.6 Å². The lowest BCUT2D eigenvalue weighted by atomic mass is 9.48. The monoisotopic (exact) mass is 264 g/mol. The first-order chi connectivity index (χ1) is 8.48. The Balaban J connectivity index is 1.97. The maximum absolute atomic E-state index is 10.7. The van der Waals surface area contributed by atoms with Crippen LogP contribution in [0, 0.1) is 10.8 Å². The molecule has 0 saturated heterocycles. The molecule has 1 aromatic rings. The van der Waals surface area contributed by atoms with Crippen LogP contribution in [0.5, 0.6) is 0 Å². The third kappa shape index (κ3) is 1.57. The van der Waals surface area contributed by atoms with Gasteiger partial charge in [0.15, 0.2) is 0 Å². The quantitative estimate of drug-likeness (QED) is 0.567. The molecule has 2 saturated carbocycles. The van der Waals surface area contributed by atoms with Crippen molar-refractivity contribution in [2.45, 2.75) is 37.7 Å². The van der Waals surface area contributed by atoms with Gasteiger partial charge in [0.05, 0.1) is 5.60 Å². The third-order valence-electron chi connectivity index (χ3n) is 4.58. The van der Waals surface area contributed by atoms with Crippen molar-refractivity contribution in [2.24, 2.45) is 5.41 Å². The molecule has 0 amide bonds. The summed E-state index contributed by atoms with van der Waals surface area (Å²) in [5.74, 6) is 0. The van der Waals surface area contributed by atoms with Crippen LogP contribution in [0.1, 0.15) is 43.2 Å². The van der Waals surface area contributed by atoms with E-state index < -0.39 is 5.60 Å². The number of benzene rings is 1. The second-order valence-electron chi connectivity index (χ2n) is 5.84. The summed E-state index contributed by atoms with van der Waals surface area (Å²) in [7, 11) is 0. The van der Waals surface area contributed by atoms with Crippen LogP contribution in [-0.4, -0.2) is 11.3 Å². The van der Waals surface area contributed by atoms with Crippen LogP contribution in [-0.2, 0) is 5.60 Å². The van der Waals surface area contributed by atoms with Crippen molar-refractivity contribution in [1.82, 2.24) is 0 Å². The van der Waals surface area contributed by atoms with E-state index in [-0.39, 0.29) is 0 Å². The fraction of sp³-hybridized carbons (Fsp3) is 0.500. The number of nitrogens with two attached hydrogens (primary N) is 1. The second kappa shape index (κ2) is 3.72. The van der Waals surface area contributed by atoms with Crippen LogP contribution < -0.4 is 5.73 Å². The molecule has 2 aliphatic rings. The number of hydrogen-bond donors (Lipinski definition) is 3. The van der Waals surface area contributed by atoms with Gasteiger partial charge < -0.3 is 16.2 Å². The lowest BCUT2D eigenvalue weighted by molar-refractivity contribution is -0.168. The van der Waals surface area contributed by atoms with E-state index in [1.807, 2.05) is 0 Å². The molecule has 0 aromatic heterocycles. The maximum atomic E-state index is 10.7. The standard InChI is InChI=1S/C14H17ClN2O/c15-10-4-9(6-16)12(17)11(5-10)14(18)7-13(8-14)2-1-3-13/h4-6,16,18H,1-3,7-8,17H2. The van der Waals surface area contributed by atoms with Crippen molar-refractivity contribution in [1.29, 1.82) is 5.41 Å². The van der Waals surface area contributed by atoms with Crippen molar-refractivity contribution in [2.75, 3.05) is 5.73 Å². The largest absolute Gasteiger partial charge is 0.398 e. The van der Waals surface area contributed by atoms with Gasteiger partial charge in [0.2, 0.25) is 0 Å². The summed E-state index contributed by atoms with van der Waals surface area (Å²) in [6, 6.07) is 3.41. The first-order valence-corrected chi connectivity index (χ1v) is 6.68. The summed E-state index contributed by atoms with van der Waals surface area (Å²) < 4.78 is 0. The summed E-state index contributed by atoms with van der Waals surface area (Å²) in [6.45, 7) is 0. The van der Waals surface area contributed by atoms with E-state index in [0.717, 1.165) is 12.8 Å². The fourth-order valence-electron chi connectivity index (χ4n) is 3.55. The molecule has 18 heavy (non-hydrogen) atoms. The van der Waals surface area contributed by atoms with E-state index in [1.54, 1.807) is 12.1 Å². The van der Waals surface area contributed by atoms with Gasteiger partial charge in [-0.1, -0.05) is 18.0 Å². The Morgan fingerprint density at radius 1 is 1.33 bits per heavy atom. The number of rotatable bonds is 2. The maximum Gasteiger partial charge on any atom is 0.0927 e. The molecule has 1 aromatic carbocycles. The zero-order valence-electron chi connectivity index (χ0n) is 10.2. The molecule has 0 aliphatic heterocycles. The van der Waals surface area contributed by atoms with E-state index in [1.165, 1.54) is 25.5 Å². The Bertz CT molecular complexity index is 515. The van der Waals surface area contributed by atoms with Crippen molar-refractivity contribution in [3.05, 3.63) is 28.3 Å². The molecule has 96 valence electrons. The van der Waals surface area contributed by atoms with Gasteiger partial charge in [-0.25, -0.2) is 0 Å². The molecular formula is C14H17ClN2O. The van der Waals surface area contributed by atoms with Gasteiger partial charge in [-0.3, -0.25) is 0 Å². The minimum Gasteiger partial charge on any atom is -0.398 e. The molecule has 0 bridgehead atoms. The molecule has 3 nitrogen and oxygen atoms in total. The lowest BCUT2D eigenvalue weighted by Gasteiger charge is -2.59. The average molecular weight is 265 g/mol. The zero-order chi connectivity index (χ0) is 13.0. The average Bonchev–Trinajstić information content (AvgIpc) is 2.25. The van der Waals surface area contributed by atoms with Crippen LogP contribution in [0.25, 0.3) is 0 Å². The first kappa shape index (κ1) is 12.0. The Morgan fingerprint density at radius 3 is 2.50 bits per heavy atom. The summed E-state index contributed by atoms with van der Waals surface area (Å²) in [4.78, 5) is 0. The molecule has 0 heterocycles. The number of nitrogens with one attached hydrogen (secondary N) is 1. The van der Waals surface area contributed by atoms with Crippen LogP contribution in [0.15, 0.2) is 12.1 Å². The highest BCUT2D eigenvalue weighted by atomic mass is 35.5. The highest BCUT2D eigenvalue weighted by Gasteiger charge is 2.57. The Morgan fingerprint density at radius 2 is 2.00 bits per heavy atom. The minimum absolute atomic E-state index is 0.356. The van der Waals surface area contributed by atoms with E-state index in [4.69, 9.17) is 22.7 Å². The van der Waals surface area contributed by atoms with E-state index in [0.29, 0.717) is 27.3 Å². The number of halogens is 1. The zero-order valence-corrected chi connectivity index (χ0v) is 10.9. The molecule has 0 atom stereocenters. The Hall–Kier alpha value is -1.06. The van der Waals surface area contributed by atoms with Crippen LogP contribution in [0.3, 0.4) is 0 Å². The second-order valence-corrected chi connectivity index (χ2v) is 6.28. The van der Waals surface area contributed by atoms with Crippen LogP contribution in [0.2, 0.25) is 5.02 Å². The van der Waals surface area contributed by atoms with Gasteiger partial charge in [0.1, 0.15) is 0 Å². The molecule has 2 aliphatic carbocycles. The molecule has 4 heteroatoms. The van der Waals surface area contributed by atoms with E-state index in [2.05, 4.69) is 0 Å². The normalized spacial score (nSPS) is 23.2. The molecular weight excluding hydrogens is 248 g/mol. The Labute approximate surface area is 111 Å². The minimum atomic E-state index is -0.840. The summed E-state index contributed by atoms with van der Waals surface area (Å²) >= 11 is 6.04. The van der Waals surface area contributed by atoms with Crippen molar-refractivity contribution in [3.8, 4) is 0 Å². The number of anilines is 1. The van der Waals surface area contributed by atoms with Gasteiger partial charge in [-0.15, -0.1) is 0 Å². The highest BCUT2D eigenvalue weighted by Crippen LogP contribution is 2.64. The molecule has 0 radical (unpaired) electrons. The van der Waals surface area contributed by atoms with E-state index >= 15 is 0 Å². The van der Waals surface area contributed by atoms with Gasteiger partial charge in [-0.05, 0) is 43.2 Å². The Kier molecular flexibility index (Phi) is 2.48. The highest BCUT2D eigenvalue weighted by molar-refractivity contribution is 6.31. The van der Waals surface area contributed by atoms with Crippen molar-refractivity contribution < 1.29 is 5.11 Å². The smallest absolute Gasteiger partial charge is 0.0927 e. The van der Waals surface area contributed by atoms with E-state index in [9.17, 15) is 5.11 Å². The fourth-order valence-corrected chi connectivity index (χ4v) is 3.78. The topological polar surface area (TPSA) is 70.1 Å². The number of aliphatic hydroxyl groups is 1. The third-order valence-corrected chi connectivity index (χ3v) is 4.80.